The average molecular weight is 924 g/mol. The second-order valence-corrected chi connectivity index (χ2v) is 18.2. The molecule has 0 aromatic heterocycles. The molecule has 4 saturated heterocycles. The van der Waals surface area contributed by atoms with Crippen LogP contribution in [0.2, 0.25) is 0 Å². The number of hydrogen-bond acceptors (Lipinski definition) is 18. The Labute approximate surface area is 378 Å². The van der Waals surface area contributed by atoms with E-state index in [4.69, 9.17) is 33.2 Å². The van der Waals surface area contributed by atoms with Crippen LogP contribution in [0.4, 0.5) is 0 Å². The molecule has 19 nitrogen and oxygen atoms in total. The molecule has 19 heteroatoms. The number of carbonyl (C=O) groups excluding carboxylic acids is 1. The summed E-state index contributed by atoms with van der Waals surface area (Å²) in [4.78, 5) is 13.1. The van der Waals surface area contributed by atoms with Gasteiger partial charge in [0, 0.05) is 24.2 Å². The van der Waals surface area contributed by atoms with Crippen LogP contribution in [0.1, 0.15) is 118 Å². The number of nitrogens with one attached hydrogen (secondary N) is 1. The fourth-order valence-corrected chi connectivity index (χ4v) is 8.86. The third kappa shape index (κ3) is 15.0. The third-order valence-corrected chi connectivity index (χ3v) is 13.3. The highest BCUT2D eigenvalue weighted by Gasteiger charge is 2.54. The monoisotopic (exact) mass is 924 g/mol. The zero-order valence-corrected chi connectivity index (χ0v) is 38.2. The van der Waals surface area contributed by atoms with E-state index in [1.807, 2.05) is 0 Å². The lowest BCUT2D eigenvalue weighted by molar-refractivity contribution is -0.372. The lowest BCUT2D eigenvalue weighted by Crippen LogP contribution is -2.67. The lowest BCUT2D eigenvalue weighted by atomic mass is 9.89. The highest BCUT2D eigenvalue weighted by molar-refractivity contribution is 5.76. The van der Waals surface area contributed by atoms with Gasteiger partial charge in [0.25, 0.3) is 0 Å². The topological polar surface area (TPSA) is 296 Å². The van der Waals surface area contributed by atoms with Gasteiger partial charge in [0.2, 0.25) is 5.91 Å². The minimum absolute atomic E-state index is 0.138. The number of carbonyl (C=O) groups is 1. The van der Waals surface area contributed by atoms with Crippen molar-refractivity contribution in [2.45, 2.75) is 222 Å². The number of hydrogen-bond donors (Lipinski definition) is 11. The zero-order valence-electron chi connectivity index (χ0n) is 38.2. The molecule has 1 amide bonds. The van der Waals surface area contributed by atoms with Crippen molar-refractivity contribution in [3.8, 4) is 0 Å². The molecule has 0 aromatic carbocycles. The molecule has 64 heavy (non-hydrogen) atoms. The molecular formula is C45H81NO18. The van der Waals surface area contributed by atoms with Crippen molar-refractivity contribution >= 4 is 5.91 Å². The van der Waals surface area contributed by atoms with E-state index in [1.165, 1.54) is 45.4 Å². The molecule has 4 fully saturated rings. The van der Waals surface area contributed by atoms with Crippen molar-refractivity contribution in [2.75, 3.05) is 26.4 Å². The molecular weight excluding hydrogens is 842 g/mol. The summed E-state index contributed by atoms with van der Waals surface area (Å²) in [6, 6.07) is -1.33. The van der Waals surface area contributed by atoms with Crippen LogP contribution >= 0.6 is 0 Å². The molecule has 4 aliphatic rings. The number of allylic oxidation sites excluding steroid dienone is 2. The van der Waals surface area contributed by atoms with Gasteiger partial charge in [-0.1, -0.05) is 91.2 Å². The number of unbranched alkanes of at least 4 members (excludes halogenated alkanes) is 11. The Morgan fingerprint density at radius 1 is 0.500 bits per heavy atom. The van der Waals surface area contributed by atoms with Gasteiger partial charge in [-0.05, 0) is 32.1 Å². The predicted molar refractivity (Wildman–Crippen MR) is 229 cm³/mol. The van der Waals surface area contributed by atoms with E-state index in [0.29, 0.717) is 6.42 Å². The summed E-state index contributed by atoms with van der Waals surface area (Å²) in [7, 11) is 0. The van der Waals surface area contributed by atoms with Crippen LogP contribution in [0.5, 0.6) is 0 Å². The Kier molecular flexibility index (Phi) is 24.2. The van der Waals surface area contributed by atoms with Crippen molar-refractivity contribution in [2.24, 2.45) is 17.8 Å². The molecule has 4 aliphatic heterocycles. The van der Waals surface area contributed by atoms with Gasteiger partial charge in [0.1, 0.15) is 61.0 Å². The van der Waals surface area contributed by atoms with Crippen molar-refractivity contribution < 1.29 is 89.0 Å². The molecule has 11 N–H and O–H groups in total. The average Bonchev–Trinajstić information content (AvgIpc) is 3.29. The highest BCUT2D eigenvalue weighted by atomic mass is 16.8. The molecule has 0 aliphatic carbocycles. The van der Waals surface area contributed by atoms with Crippen LogP contribution in [0.25, 0.3) is 0 Å². The third-order valence-electron chi connectivity index (χ3n) is 13.3. The summed E-state index contributed by atoms with van der Waals surface area (Å²) in [6.07, 6.45) is -2.39. The molecule has 4 heterocycles. The standard InChI is InChI=1S/C45H81NO18/c1-5-6-7-8-9-10-11-12-13-14-15-16-17-18-19-20-32(51)46-33-38(56)37(55)28(21-47)59-45(33)64-41-31(24-50)61-44(27(4)36(41)54)63-40-30(23-49)60-43(26(3)35(40)53)62-39-29(22-48)58-42(57)25(2)34(39)52/h12-13,25-31,33-45,47-50,52-57H,5-11,14-24H2,1-4H3,(H,46,51)/b13-12-. The van der Waals surface area contributed by atoms with E-state index < -0.39 is 155 Å². The number of rotatable bonds is 26. The number of aliphatic hydroxyl groups is 10. The molecule has 0 radical (unpaired) electrons. The van der Waals surface area contributed by atoms with E-state index >= 15 is 0 Å². The minimum Gasteiger partial charge on any atom is -0.394 e. The Bertz CT molecular complexity index is 1330. The molecule has 0 aromatic rings. The Morgan fingerprint density at radius 2 is 0.906 bits per heavy atom. The van der Waals surface area contributed by atoms with Crippen LogP contribution in [-0.4, -0.2) is 188 Å². The second kappa shape index (κ2) is 28.1. The zero-order chi connectivity index (χ0) is 46.9. The SMILES string of the molecule is CCCCCCCC/C=C\CCCCCCCC(=O)NC1C(OC2C(CO)OC(OC3C(CO)OC(OC4C(CO)OC(O)C(C)C4O)C(C)C3O)C(C)C2O)OC(CO)C(O)C1O. The molecule has 0 bridgehead atoms. The molecule has 20 atom stereocenters. The Morgan fingerprint density at radius 3 is 1.39 bits per heavy atom. The van der Waals surface area contributed by atoms with E-state index in [0.717, 1.165) is 38.5 Å². The largest absolute Gasteiger partial charge is 0.394 e. The first kappa shape index (κ1) is 55.1. The van der Waals surface area contributed by atoms with Gasteiger partial charge in [-0.15, -0.1) is 0 Å². The molecule has 0 saturated carbocycles. The van der Waals surface area contributed by atoms with E-state index in [9.17, 15) is 55.9 Å². The van der Waals surface area contributed by atoms with Crippen LogP contribution in [0.15, 0.2) is 12.2 Å². The number of amides is 1. The molecule has 4 rings (SSSR count). The highest BCUT2D eigenvalue weighted by Crippen LogP contribution is 2.38. The summed E-state index contributed by atoms with van der Waals surface area (Å²) in [5.74, 6) is -2.99. The predicted octanol–water partition coefficient (Wildman–Crippen LogP) is 0.238. The first-order valence-electron chi connectivity index (χ1n) is 23.8. The van der Waals surface area contributed by atoms with Gasteiger partial charge in [0.05, 0.1) is 44.7 Å². The molecule has 374 valence electrons. The van der Waals surface area contributed by atoms with Gasteiger partial charge >= 0.3 is 0 Å². The molecule has 0 spiro atoms. The van der Waals surface area contributed by atoms with Crippen LogP contribution in [-0.2, 0) is 38.0 Å². The van der Waals surface area contributed by atoms with Gasteiger partial charge in [-0.3, -0.25) is 4.79 Å². The maximum Gasteiger partial charge on any atom is 0.220 e. The summed E-state index contributed by atoms with van der Waals surface area (Å²) >= 11 is 0. The van der Waals surface area contributed by atoms with Gasteiger partial charge in [-0.2, -0.15) is 0 Å². The van der Waals surface area contributed by atoms with Crippen molar-refractivity contribution in [1.29, 1.82) is 0 Å². The van der Waals surface area contributed by atoms with Crippen LogP contribution < -0.4 is 5.32 Å². The van der Waals surface area contributed by atoms with E-state index in [2.05, 4.69) is 24.4 Å². The fraction of sp³-hybridized carbons (Fsp3) is 0.933. The molecule has 20 unspecified atom stereocenters. The smallest absolute Gasteiger partial charge is 0.220 e. The van der Waals surface area contributed by atoms with Gasteiger partial charge in [0.15, 0.2) is 25.2 Å². The van der Waals surface area contributed by atoms with E-state index in [1.54, 1.807) is 13.8 Å². The first-order valence-corrected chi connectivity index (χ1v) is 23.8. The quantitative estimate of drug-likeness (QED) is 0.0409. The maximum absolute atomic E-state index is 13.1. The fourth-order valence-electron chi connectivity index (χ4n) is 8.86. The lowest BCUT2D eigenvalue weighted by Gasteiger charge is -2.50. The van der Waals surface area contributed by atoms with E-state index in [-0.39, 0.29) is 6.42 Å². The summed E-state index contributed by atoms with van der Waals surface area (Å²) < 4.78 is 41.6. The summed E-state index contributed by atoms with van der Waals surface area (Å²) in [5, 5.41) is 109. The van der Waals surface area contributed by atoms with Crippen LogP contribution in [0.3, 0.4) is 0 Å². The van der Waals surface area contributed by atoms with Crippen molar-refractivity contribution in [1.82, 2.24) is 5.32 Å². The first-order chi connectivity index (χ1) is 30.7. The van der Waals surface area contributed by atoms with Crippen molar-refractivity contribution in [3.63, 3.8) is 0 Å². The summed E-state index contributed by atoms with van der Waals surface area (Å²) in [5.41, 5.74) is 0. The van der Waals surface area contributed by atoms with Gasteiger partial charge < -0.3 is 89.5 Å². The summed E-state index contributed by atoms with van der Waals surface area (Å²) in [6.45, 7) is 4.21. The second-order valence-electron chi connectivity index (χ2n) is 18.2. The minimum atomic E-state index is -1.63. The maximum atomic E-state index is 13.1. The van der Waals surface area contributed by atoms with Gasteiger partial charge in [-0.25, -0.2) is 0 Å². The number of ether oxygens (including phenoxy) is 7. The van der Waals surface area contributed by atoms with Crippen molar-refractivity contribution in [3.05, 3.63) is 12.2 Å². The Hall–Kier alpha value is -1.47. The number of aliphatic hydroxyl groups excluding tert-OH is 10. The van der Waals surface area contributed by atoms with Crippen LogP contribution in [0, 0.1) is 17.8 Å². The Balaban J connectivity index is 1.30. The normalized spacial score (nSPS) is 40.8.